The van der Waals surface area contributed by atoms with E-state index >= 15 is 0 Å². The highest BCUT2D eigenvalue weighted by Gasteiger charge is 2.06. The van der Waals surface area contributed by atoms with Crippen LogP contribution in [0, 0.1) is 5.82 Å². The first-order valence-corrected chi connectivity index (χ1v) is 7.99. The van der Waals surface area contributed by atoms with Crippen LogP contribution in [0.15, 0.2) is 55.0 Å². The molecule has 0 aliphatic carbocycles. The lowest BCUT2D eigenvalue weighted by Crippen LogP contribution is -2.22. The van der Waals surface area contributed by atoms with Crippen LogP contribution in [-0.2, 0) is 13.0 Å². The summed E-state index contributed by atoms with van der Waals surface area (Å²) in [6.45, 7) is 1.31. The average Bonchev–Trinajstić information content (AvgIpc) is 2.67. The molecule has 25 heavy (non-hydrogen) atoms. The number of nitrogens with one attached hydrogen (secondary N) is 1. The topological polar surface area (TPSA) is 66.8 Å². The fourth-order valence-corrected chi connectivity index (χ4v) is 2.30. The minimum absolute atomic E-state index is 0.250. The Kier molecular flexibility index (Phi) is 5.46. The van der Waals surface area contributed by atoms with Gasteiger partial charge in [-0.3, -0.25) is 4.98 Å². The summed E-state index contributed by atoms with van der Waals surface area (Å²) in [6.07, 6.45) is 6.11. The van der Waals surface area contributed by atoms with Crippen LogP contribution in [0.25, 0.3) is 0 Å². The predicted octanol–water partition coefficient (Wildman–Crippen LogP) is 2.70. The number of hydrogen-bond donors (Lipinski definition) is 1. The molecule has 1 N–H and O–H groups in total. The number of nitrogens with zero attached hydrogens (tertiary/aromatic N) is 5. The van der Waals surface area contributed by atoms with Gasteiger partial charge in [-0.2, -0.15) is 10.1 Å². The van der Waals surface area contributed by atoms with Crippen LogP contribution in [0.2, 0.25) is 0 Å². The van der Waals surface area contributed by atoms with Gasteiger partial charge in [0.1, 0.15) is 5.82 Å². The normalized spacial score (nSPS) is 10.5. The smallest absolute Gasteiger partial charge is 0.244 e. The largest absolute Gasteiger partial charge is 0.358 e. The highest BCUT2D eigenvalue weighted by Crippen LogP contribution is 2.11. The number of aromatic nitrogens is 4. The van der Waals surface area contributed by atoms with E-state index in [0.717, 1.165) is 24.3 Å². The van der Waals surface area contributed by atoms with E-state index in [4.69, 9.17) is 0 Å². The summed E-state index contributed by atoms with van der Waals surface area (Å²) in [6, 6.07) is 10.3. The lowest BCUT2D eigenvalue weighted by Gasteiger charge is -2.18. The van der Waals surface area contributed by atoms with E-state index in [2.05, 4.69) is 25.5 Å². The van der Waals surface area contributed by atoms with E-state index in [-0.39, 0.29) is 5.82 Å². The first kappa shape index (κ1) is 16.8. The number of likely N-dealkylation sites (N-methyl/N-ethyl adjacent to an activating group) is 1. The molecule has 0 atom stereocenters. The van der Waals surface area contributed by atoms with Crippen molar-refractivity contribution in [3.05, 3.63) is 71.9 Å². The lowest BCUT2D eigenvalue weighted by atomic mass is 10.2. The monoisotopic (exact) mass is 338 g/mol. The van der Waals surface area contributed by atoms with Gasteiger partial charge in [0.05, 0.1) is 6.20 Å². The SMILES string of the molecule is CN(CCc1ccncc1)c1cnnc(NCc2ccc(F)cc2)n1. The van der Waals surface area contributed by atoms with Crippen molar-refractivity contribution in [3.63, 3.8) is 0 Å². The molecule has 2 aromatic heterocycles. The Morgan fingerprint density at radius 1 is 1.04 bits per heavy atom. The van der Waals surface area contributed by atoms with Gasteiger partial charge in [-0.25, -0.2) is 4.39 Å². The average molecular weight is 338 g/mol. The van der Waals surface area contributed by atoms with Crippen molar-refractivity contribution in [2.45, 2.75) is 13.0 Å². The summed E-state index contributed by atoms with van der Waals surface area (Å²) in [5.41, 5.74) is 2.17. The van der Waals surface area contributed by atoms with E-state index in [1.807, 2.05) is 24.1 Å². The summed E-state index contributed by atoms with van der Waals surface area (Å²) < 4.78 is 12.9. The number of halogens is 1. The third-order valence-electron chi connectivity index (χ3n) is 3.79. The summed E-state index contributed by atoms with van der Waals surface area (Å²) >= 11 is 0. The molecule has 2 heterocycles. The minimum Gasteiger partial charge on any atom is -0.358 e. The Bertz CT molecular complexity index is 794. The highest BCUT2D eigenvalue weighted by atomic mass is 19.1. The maximum atomic E-state index is 12.9. The molecule has 0 amide bonds. The number of benzene rings is 1. The second-order valence-electron chi connectivity index (χ2n) is 5.65. The van der Waals surface area contributed by atoms with E-state index in [1.54, 1.807) is 30.7 Å². The molecule has 0 bridgehead atoms. The van der Waals surface area contributed by atoms with Gasteiger partial charge in [-0.05, 0) is 41.8 Å². The van der Waals surface area contributed by atoms with Crippen LogP contribution < -0.4 is 10.2 Å². The van der Waals surface area contributed by atoms with Crippen molar-refractivity contribution in [1.82, 2.24) is 20.2 Å². The molecule has 0 unspecified atom stereocenters. The van der Waals surface area contributed by atoms with Crippen molar-refractivity contribution in [3.8, 4) is 0 Å². The Morgan fingerprint density at radius 2 is 1.80 bits per heavy atom. The fourth-order valence-electron chi connectivity index (χ4n) is 2.30. The van der Waals surface area contributed by atoms with Crippen LogP contribution >= 0.6 is 0 Å². The van der Waals surface area contributed by atoms with Gasteiger partial charge in [0.2, 0.25) is 5.95 Å². The molecule has 3 rings (SSSR count). The molecule has 0 radical (unpaired) electrons. The van der Waals surface area contributed by atoms with E-state index in [1.165, 1.54) is 17.7 Å². The zero-order chi connectivity index (χ0) is 17.5. The van der Waals surface area contributed by atoms with Crippen LogP contribution in [0.1, 0.15) is 11.1 Å². The lowest BCUT2D eigenvalue weighted by molar-refractivity contribution is 0.627. The van der Waals surface area contributed by atoms with Crippen molar-refractivity contribution >= 4 is 11.8 Å². The van der Waals surface area contributed by atoms with Crippen molar-refractivity contribution in [2.75, 3.05) is 23.8 Å². The third kappa shape index (κ3) is 4.94. The molecule has 6 nitrogen and oxygen atoms in total. The Labute approximate surface area is 145 Å². The first-order chi connectivity index (χ1) is 12.2. The van der Waals surface area contributed by atoms with Crippen LogP contribution in [-0.4, -0.2) is 33.8 Å². The van der Waals surface area contributed by atoms with Crippen molar-refractivity contribution < 1.29 is 4.39 Å². The molecule has 0 saturated carbocycles. The molecule has 0 aliphatic heterocycles. The Balaban J connectivity index is 1.57. The first-order valence-electron chi connectivity index (χ1n) is 7.99. The standard InChI is InChI=1S/C18H19FN6/c1-25(11-8-14-6-9-20-10-7-14)17-13-22-24-18(23-17)21-12-15-2-4-16(19)5-3-15/h2-7,9-10,13H,8,11-12H2,1H3,(H,21,23,24). The van der Waals surface area contributed by atoms with Crippen molar-refractivity contribution in [2.24, 2.45) is 0 Å². The van der Waals surface area contributed by atoms with Crippen LogP contribution in [0.3, 0.4) is 0 Å². The van der Waals surface area contributed by atoms with Crippen LogP contribution in [0.4, 0.5) is 16.2 Å². The zero-order valence-corrected chi connectivity index (χ0v) is 13.9. The molecule has 0 fully saturated rings. The Hall–Kier alpha value is -3.09. The van der Waals surface area contributed by atoms with E-state index < -0.39 is 0 Å². The zero-order valence-electron chi connectivity index (χ0n) is 13.9. The summed E-state index contributed by atoms with van der Waals surface area (Å²) in [4.78, 5) is 10.5. The Morgan fingerprint density at radius 3 is 2.56 bits per heavy atom. The maximum absolute atomic E-state index is 12.9. The summed E-state index contributed by atoms with van der Waals surface area (Å²) in [5, 5.41) is 11.1. The van der Waals surface area contributed by atoms with Crippen LogP contribution in [0.5, 0.6) is 0 Å². The molecule has 0 aliphatic rings. The molecule has 0 spiro atoms. The molecular formula is C18H19FN6. The third-order valence-corrected chi connectivity index (χ3v) is 3.79. The summed E-state index contributed by atoms with van der Waals surface area (Å²) in [5.74, 6) is 0.933. The molecule has 128 valence electrons. The predicted molar refractivity (Wildman–Crippen MR) is 94.8 cm³/mol. The number of anilines is 2. The second-order valence-corrected chi connectivity index (χ2v) is 5.65. The molecule has 3 aromatic rings. The molecule has 7 heteroatoms. The van der Waals surface area contributed by atoms with Gasteiger partial charge in [-0.15, -0.1) is 5.10 Å². The van der Waals surface area contributed by atoms with E-state index in [9.17, 15) is 4.39 Å². The number of pyridine rings is 1. The fraction of sp³-hybridized carbons (Fsp3) is 0.222. The van der Waals surface area contributed by atoms with Gasteiger partial charge in [0.25, 0.3) is 0 Å². The molecule has 0 saturated heterocycles. The van der Waals surface area contributed by atoms with E-state index in [0.29, 0.717) is 12.5 Å². The molecular weight excluding hydrogens is 319 g/mol. The molecule has 1 aromatic carbocycles. The van der Waals surface area contributed by atoms with Gasteiger partial charge in [0, 0.05) is 32.5 Å². The van der Waals surface area contributed by atoms with Gasteiger partial charge in [-0.1, -0.05) is 12.1 Å². The highest BCUT2D eigenvalue weighted by molar-refractivity contribution is 5.40. The van der Waals surface area contributed by atoms with Gasteiger partial charge >= 0.3 is 0 Å². The minimum atomic E-state index is -0.250. The quantitative estimate of drug-likeness (QED) is 0.714. The summed E-state index contributed by atoms with van der Waals surface area (Å²) in [7, 11) is 1.97. The van der Waals surface area contributed by atoms with Crippen molar-refractivity contribution in [1.29, 1.82) is 0 Å². The number of rotatable bonds is 7. The van der Waals surface area contributed by atoms with Gasteiger partial charge < -0.3 is 10.2 Å². The van der Waals surface area contributed by atoms with Gasteiger partial charge in [0.15, 0.2) is 5.82 Å². The second kappa shape index (κ2) is 8.14. The number of hydrogen-bond acceptors (Lipinski definition) is 6. The maximum Gasteiger partial charge on any atom is 0.244 e.